The summed E-state index contributed by atoms with van der Waals surface area (Å²) in [6.45, 7) is 2.79. The van der Waals surface area contributed by atoms with E-state index in [1.807, 2.05) is 11.8 Å². The maximum atomic E-state index is 12.7. The normalized spacial score (nSPS) is 17.8. The number of anilines is 1. The third-order valence-corrected chi connectivity index (χ3v) is 4.28. The Labute approximate surface area is 142 Å². The summed E-state index contributed by atoms with van der Waals surface area (Å²) in [6.07, 6.45) is -2.43. The van der Waals surface area contributed by atoms with Crippen molar-refractivity contribution in [1.82, 2.24) is 9.97 Å². The van der Waals surface area contributed by atoms with E-state index in [4.69, 9.17) is 5.73 Å². The Balaban J connectivity index is 2.03. The van der Waals surface area contributed by atoms with Crippen molar-refractivity contribution in [1.29, 1.82) is 0 Å². The van der Waals surface area contributed by atoms with Gasteiger partial charge in [0.15, 0.2) is 0 Å². The van der Waals surface area contributed by atoms with Crippen LogP contribution in [0.4, 0.5) is 19.1 Å². The van der Waals surface area contributed by atoms with Crippen LogP contribution in [0.15, 0.2) is 30.3 Å². The number of rotatable bonds is 3. The lowest BCUT2D eigenvalue weighted by Gasteiger charge is -2.22. The summed E-state index contributed by atoms with van der Waals surface area (Å²) < 4.78 is 38.1. The van der Waals surface area contributed by atoms with Crippen LogP contribution >= 0.6 is 0 Å². The molecular weight excluding hydrogens is 333 g/mol. The number of nitrogens with two attached hydrogens (primary N) is 1. The van der Waals surface area contributed by atoms with Gasteiger partial charge in [-0.1, -0.05) is 12.1 Å². The van der Waals surface area contributed by atoms with Crippen molar-refractivity contribution in [3.05, 3.63) is 41.6 Å². The third-order valence-electron chi connectivity index (χ3n) is 4.28. The number of carbonyl (C=O) groups excluding carboxylic acids is 1. The van der Waals surface area contributed by atoms with Crippen molar-refractivity contribution in [2.24, 2.45) is 5.73 Å². The van der Waals surface area contributed by atoms with Crippen LogP contribution in [-0.2, 0) is 6.18 Å². The van der Waals surface area contributed by atoms with Crippen molar-refractivity contribution in [2.75, 3.05) is 11.4 Å². The molecule has 1 fully saturated rings. The maximum absolute atomic E-state index is 12.7. The number of aromatic nitrogens is 2. The van der Waals surface area contributed by atoms with Crippen LogP contribution in [-0.4, -0.2) is 28.5 Å². The minimum absolute atomic E-state index is 0.0407. The van der Waals surface area contributed by atoms with Crippen molar-refractivity contribution in [3.63, 3.8) is 0 Å². The predicted molar refractivity (Wildman–Crippen MR) is 87.0 cm³/mol. The topological polar surface area (TPSA) is 72.1 Å². The lowest BCUT2D eigenvalue weighted by Crippen LogP contribution is -2.29. The summed E-state index contributed by atoms with van der Waals surface area (Å²) in [6, 6.07) is 6.25. The second-order valence-electron chi connectivity index (χ2n) is 6.06. The molecular formula is C17H17F3N4O. The highest BCUT2D eigenvalue weighted by atomic mass is 19.4. The molecule has 2 aromatic rings. The van der Waals surface area contributed by atoms with E-state index in [0.29, 0.717) is 17.2 Å². The average molecular weight is 350 g/mol. The van der Waals surface area contributed by atoms with E-state index in [9.17, 15) is 18.0 Å². The first-order chi connectivity index (χ1) is 11.8. The highest BCUT2D eigenvalue weighted by molar-refractivity contribution is 5.92. The molecule has 1 amide bonds. The van der Waals surface area contributed by atoms with Gasteiger partial charge in [0.05, 0.1) is 11.3 Å². The van der Waals surface area contributed by atoms with Crippen molar-refractivity contribution >= 4 is 11.9 Å². The van der Waals surface area contributed by atoms with Crippen molar-refractivity contribution in [2.45, 2.75) is 32.0 Å². The van der Waals surface area contributed by atoms with Gasteiger partial charge in [-0.05, 0) is 38.0 Å². The highest BCUT2D eigenvalue weighted by Crippen LogP contribution is 2.31. The Hall–Kier alpha value is -2.64. The van der Waals surface area contributed by atoms with Crippen LogP contribution < -0.4 is 10.6 Å². The standard InChI is InChI=1S/C17H17F3N4O/c1-10-3-2-8-24(10)16-22-13(9-14(23-16)15(21)25)11-4-6-12(7-5-11)17(18,19)20/h4-7,9-10H,2-3,8H2,1H3,(H2,21,25). The Morgan fingerprint density at radius 3 is 2.44 bits per heavy atom. The van der Waals surface area contributed by atoms with Crippen LogP contribution in [0.1, 0.15) is 35.8 Å². The minimum Gasteiger partial charge on any atom is -0.364 e. The molecule has 0 aliphatic carbocycles. The molecule has 0 saturated carbocycles. The number of alkyl halides is 3. The summed E-state index contributed by atoms with van der Waals surface area (Å²) in [4.78, 5) is 22.2. The van der Waals surface area contributed by atoms with Gasteiger partial charge < -0.3 is 10.6 Å². The number of hydrogen-bond donors (Lipinski definition) is 1. The van der Waals surface area contributed by atoms with Crippen LogP contribution in [0, 0.1) is 0 Å². The van der Waals surface area contributed by atoms with Gasteiger partial charge in [0.2, 0.25) is 5.95 Å². The largest absolute Gasteiger partial charge is 0.416 e. The lowest BCUT2D eigenvalue weighted by atomic mass is 10.1. The first-order valence-electron chi connectivity index (χ1n) is 7.89. The first-order valence-corrected chi connectivity index (χ1v) is 7.89. The lowest BCUT2D eigenvalue weighted by molar-refractivity contribution is -0.137. The number of primary amides is 1. The van der Waals surface area contributed by atoms with Crippen molar-refractivity contribution < 1.29 is 18.0 Å². The summed E-state index contributed by atoms with van der Waals surface area (Å²) >= 11 is 0. The average Bonchev–Trinajstić information content (AvgIpc) is 3.00. The fourth-order valence-corrected chi connectivity index (χ4v) is 2.90. The Morgan fingerprint density at radius 2 is 1.92 bits per heavy atom. The van der Waals surface area contributed by atoms with Crippen LogP contribution in [0.2, 0.25) is 0 Å². The molecule has 2 heterocycles. The number of carbonyl (C=O) groups is 1. The summed E-state index contributed by atoms with van der Waals surface area (Å²) in [5.41, 5.74) is 5.48. The molecule has 1 aliphatic heterocycles. The first kappa shape index (κ1) is 17.2. The number of nitrogens with zero attached hydrogens (tertiary/aromatic N) is 3. The zero-order chi connectivity index (χ0) is 18.2. The summed E-state index contributed by atoms with van der Waals surface area (Å²) in [7, 11) is 0. The molecule has 1 unspecified atom stereocenters. The molecule has 3 rings (SSSR count). The SMILES string of the molecule is CC1CCCN1c1nc(C(N)=O)cc(-c2ccc(C(F)(F)F)cc2)n1. The van der Waals surface area contributed by atoms with Crippen LogP contribution in [0.25, 0.3) is 11.3 Å². The summed E-state index contributed by atoms with van der Waals surface area (Å²) in [5.74, 6) is -0.333. The Bertz CT molecular complexity index is 789. The summed E-state index contributed by atoms with van der Waals surface area (Å²) in [5, 5.41) is 0. The molecule has 0 bridgehead atoms. The molecule has 8 heteroatoms. The van der Waals surface area contributed by atoms with Gasteiger partial charge in [-0.3, -0.25) is 4.79 Å². The van der Waals surface area contributed by atoms with Crippen LogP contribution in [0.3, 0.4) is 0 Å². The smallest absolute Gasteiger partial charge is 0.364 e. The van der Waals surface area contributed by atoms with Crippen molar-refractivity contribution in [3.8, 4) is 11.3 Å². The molecule has 1 aliphatic rings. The molecule has 5 nitrogen and oxygen atoms in total. The second kappa shape index (κ2) is 6.34. The number of benzene rings is 1. The molecule has 132 valence electrons. The molecule has 0 spiro atoms. The van der Waals surface area contributed by atoms with E-state index < -0.39 is 17.6 Å². The van der Waals surface area contributed by atoms with E-state index in [2.05, 4.69) is 9.97 Å². The molecule has 1 saturated heterocycles. The van der Waals surface area contributed by atoms with Gasteiger partial charge in [-0.25, -0.2) is 9.97 Å². The molecule has 0 radical (unpaired) electrons. The zero-order valence-corrected chi connectivity index (χ0v) is 13.5. The van der Waals surface area contributed by atoms with E-state index in [0.717, 1.165) is 31.5 Å². The monoisotopic (exact) mass is 350 g/mol. The van der Waals surface area contributed by atoms with E-state index in [1.54, 1.807) is 0 Å². The number of amides is 1. The molecule has 1 aromatic heterocycles. The van der Waals surface area contributed by atoms with Gasteiger partial charge in [-0.2, -0.15) is 13.2 Å². The van der Waals surface area contributed by atoms with Gasteiger partial charge in [0.1, 0.15) is 5.69 Å². The Morgan fingerprint density at radius 1 is 1.24 bits per heavy atom. The van der Waals surface area contributed by atoms with E-state index in [-0.39, 0.29) is 11.7 Å². The van der Waals surface area contributed by atoms with E-state index >= 15 is 0 Å². The maximum Gasteiger partial charge on any atom is 0.416 e. The third kappa shape index (κ3) is 3.57. The molecule has 1 aromatic carbocycles. The fourth-order valence-electron chi connectivity index (χ4n) is 2.90. The van der Waals surface area contributed by atoms with Gasteiger partial charge in [-0.15, -0.1) is 0 Å². The second-order valence-corrected chi connectivity index (χ2v) is 6.06. The number of hydrogen-bond acceptors (Lipinski definition) is 4. The quantitative estimate of drug-likeness (QED) is 0.922. The van der Waals surface area contributed by atoms with Gasteiger partial charge in [0, 0.05) is 18.2 Å². The van der Waals surface area contributed by atoms with Gasteiger partial charge in [0.25, 0.3) is 5.91 Å². The van der Waals surface area contributed by atoms with Gasteiger partial charge >= 0.3 is 6.18 Å². The predicted octanol–water partition coefficient (Wildman–Crippen LogP) is 3.25. The number of halogens is 3. The minimum atomic E-state index is -4.40. The van der Waals surface area contributed by atoms with E-state index in [1.165, 1.54) is 18.2 Å². The Kier molecular flexibility index (Phi) is 4.36. The molecule has 2 N–H and O–H groups in total. The zero-order valence-electron chi connectivity index (χ0n) is 13.5. The molecule has 1 atom stereocenters. The molecule has 25 heavy (non-hydrogen) atoms. The fraction of sp³-hybridized carbons (Fsp3) is 0.353. The van der Waals surface area contributed by atoms with Crippen LogP contribution in [0.5, 0.6) is 0 Å². The highest BCUT2D eigenvalue weighted by Gasteiger charge is 2.30.